The number of nitrogens with zero attached hydrogens (tertiary/aromatic N) is 2. The number of rotatable bonds is 0. The predicted molar refractivity (Wildman–Crippen MR) is 75.6 cm³/mol. The summed E-state index contributed by atoms with van der Waals surface area (Å²) in [7, 11) is 0. The van der Waals surface area contributed by atoms with Crippen molar-refractivity contribution in [2.24, 2.45) is 0 Å². The molecule has 0 aliphatic heterocycles. The van der Waals surface area contributed by atoms with Crippen LogP contribution in [0.1, 0.15) is 11.4 Å². The van der Waals surface area contributed by atoms with Crippen LogP contribution in [0.2, 0.25) is 0 Å². The van der Waals surface area contributed by atoms with E-state index < -0.39 is 5.09 Å². The van der Waals surface area contributed by atoms with Crippen molar-refractivity contribution in [3.63, 3.8) is 0 Å². The lowest BCUT2D eigenvalue weighted by atomic mass is 10.1. The van der Waals surface area contributed by atoms with Gasteiger partial charge < -0.3 is 15.3 Å². The summed E-state index contributed by atoms with van der Waals surface area (Å²) in [5.74, 6) is 0. The Morgan fingerprint density at radius 2 is 1.55 bits per heavy atom. The summed E-state index contributed by atoms with van der Waals surface area (Å²) in [4.78, 5) is 16.3. The molecular formula is C14H13N3O3. The zero-order chi connectivity index (χ0) is 14.7. The van der Waals surface area contributed by atoms with Crippen molar-refractivity contribution in [3.05, 3.63) is 63.1 Å². The monoisotopic (exact) mass is 271 g/mol. The van der Waals surface area contributed by atoms with E-state index in [1.165, 1.54) is 10.8 Å². The van der Waals surface area contributed by atoms with Crippen LogP contribution < -0.4 is 4.98 Å². The third-order valence-corrected chi connectivity index (χ3v) is 2.87. The molecule has 102 valence electrons. The molecule has 0 amide bonds. The quantitative estimate of drug-likeness (QED) is 0.357. The van der Waals surface area contributed by atoms with E-state index in [1.807, 2.05) is 13.0 Å². The number of aromatic nitrogens is 2. The van der Waals surface area contributed by atoms with Gasteiger partial charge in [-0.2, -0.15) is 0 Å². The van der Waals surface area contributed by atoms with Gasteiger partial charge in [-0.05, 0) is 25.1 Å². The van der Waals surface area contributed by atoms with Gasteiger partial charge in [0.15, 0.2) is 5.69 Å². The molecular weight excluding hydrogens is 258 g/mol. The number of fused-ring (bicyclic) bond motifs is 3. The lowest BCUT2D eigenvalue weighted by molar-refractivity contribution is -0.402. The first-order valence-corrected chi connectivity index (χ1v) is 5.98. The van der Waals surface area contributed by atoms with Gasteiger partial charge in [0, 0.05) is 29.5 Å². The lowest BCUT2D eigenvalue weighted by Crippen LogP contribution is -2.08. The fourth-order valence-electron chi connectivity index (χ4n) is 2.03. The molecule has 0 saturated carbocycles. The normalized spacial score (nSPS) is 10.1. The molecule has 0 saturated heterocycles. The molecule has 0 atom stereocenters. The molecule has 0 aliphatic rings. The molecule has 1 N–H and O–H groups in total. The highest BCUT2D eigenvalue weighted by Gasteiger charge is 2.08. The van der Waals surface area contributed by atoms with E-state index in [0.29, 0.717) is 0 Å². The van der Waals surface area contributed by atoms with Crippen molar-refractivity contribution in [3.8, 4) is 0 Å². The molecule has 1 aromatic carbocycles. The third kappa shape index (κ3) is 2.97. The summed E-state index contributed by atoms with van der Waals surface area (Å²) in [6, 6.07) is 12.6. The summed E-state index contributed by atoms with van der Waals surface area (Å²) in [5, 5.41) is 17.1. The number of H-pyrrole nitrogens is 1. The molecule has 0 bridgehead atoms. The number of aromatic amines is 1. The first-order chi connectivity index (χ1) is 9.47. The van der Waals surface area contributed by atoms with Crippen molar-refractivity contribution in [1.82, 2.24) is 4.98 Å². The number of nitrogens with one attached hydrogen (secondary N) is 1. The van der Waals surface area contributed by atoms with E-state index in [1.54, 1.807) is 0 Å². The fourth-order valence-corrected chi connectivity index (χ4v) is 2.03. The maximum Gasteiger partial charge on any atom is 0.237 e. The fraction of sp³-hybridized carbons (Fsp3) is 0.143. The zero-order valence-electron chi connectivity index (χ0n) is 11.1. The number of pyridine rings is 2. The second kappa shape index (κ2) is 5.48. The van der Waals surface area contributed by atoms with E-state index in [-0.39, 0.29) is 0 Å². The van der Waals surface area contributed by atoms with Crippen LogP contribution in [0.25, 0.3) is 21.8 Å². The van der Waals surface area contributed by atoms with Gasteiger partial charge in [-0.1, -0.05) is 12.1 Å². The molecule has 0 fully saturated rings. The average Bonchev–Trinajstić information content (AvgIpc) is 2.38. The Balaban J connectivity index is 0.000000328. The number of aryl methyl sites for hydroxylation is 2. The Labute approximate surface area is 114 Å². The Morgan fingerprint density at radius 3 is 2.25 bits per heavy atom. The van der Waals surface area contributed by atoms with Crippen LogP contribution in [0.5, 0.6) is 0 Å². The molecule has 2 heterocycles. The standard InChI is InChI=1S/C14H12N2.NO3/c1-9-3-5-11-7-8-12-6-4-10(2)16-14(12)13(11)15-9;2-1(3)4/h3-8H,1-2H3;/q;-1/p+1. The smallest absolute Gasteiger partial charge is 0.237 e. The van der Waals surface area contributed by atoms with Crippen molar-refractivity contribution >= 4 is 21.8 Å². The summed E-state index contributed by atoms with van der Waals surface area (Å²) < 4.78 is 0. The van der Waals surface area contributed by atoms with Crippen LogP contribution in [-0.2, 0) is 0 Å². The average molecular weight is 271 g/mol. The Kier molecular flexibility index (Phi) is 3.74. The summed E-state index contributed by atoms with van der Waals surface area (Å²) in [6.45, 7) is 4.09. The minimum absolute atomic E-state index is 1.05. The van der Waals surface area contributed by atoms with Gasteiger partial charge >= 0.3 is 0 Å². The number of hydrogen-bond donors (Lipinski definition) is 0. The van der Waals surface area contributed by atoms with Gasteiger partial charge in [-0.3, -0.25) is 0 Å². The Bertz CT molecular complexity index is 722. The SMILES string of the molecule is Cc1ccc2ccc3ccc(C)[nH+]c3c2n1.O=[N+]([O-])[O-]. The topological polar surface area (TPSA) is 93.2 Å². The molecule has 0 spiro atoms. The number of benzene rings is 1. The predicted octanol–water partition coefficient (Wildman–Crippen LogP) is 2.58. The summed E-state index contributed by atoms with van der Waals surface area (Å²) >= 11 is 0. The highest BCUT2D eigenvalue weighted by atomic mass is 16.9. The minimum atomic E-state index is -1.75. The Hall–Kier alpha value is -2.76. The first kappa shape index (κ1) is 13.7. The molecule has 3 rings (SSSR count). The highest BCUT2D eigenvalue weighted by molar-refractivity contribution is 6.00. The van der Waals surface area contributed by atoms with Crippen LogP contribution in [0.4, 0.5) is 0 Å². The number of hydrogen-bond acceptors (Lipinski definition) is 4. The van der Waals surface area contributed by atoms with Gasteiger partial charge in [0.25, 0.3) is 0 Å². The zero-order valence-corrected chi connectivity index (χ0v) is 11.1. The van der Waals surface area contributed by atoms with Crippen LogP contribution in [0.15, 0.2) is 36.4 Å². The maximum absolute atomic E-state index is 8.25. The summed E-state index contributed by atoms with van der Waals surface area (Å²) in [5.41, 5.74) is 4.39. The van der Waals surface area contributed by atoms with Crippen molar-refractivity contribution in [1.29, 1.82) is 0 Å². The van der Waals surface area contributed by atoms with E-state index in [2.05, 4.69) is 47.2 Å². The van der Waals surface area contributed by atoms with Crippen LogP contribution in [0.3, 0.4) is 0 Å². The minimum Gasteiger partial charge on any atom is -0.356 e. The van der Waals surface area contributed by atoms with Crippen molar-refractivity contribution in [2.75, 3.05) is 0 Å². The Morgan fingerprint density at radius 1 is 1.00 bits per heavy atom. The molecule has 6 heteroatoms. The lowest BCUT2D eigenvalue weighted by Gasteiger charge is -2.00. The molecule has 0 unspecified atom stereocenters. The molecule has 6 nitrogen and oxygen atoms in total. The molecule has 0 radical (unpaired) electrons. The molecule has 0 aliphatic carbocycles. The molecule has 2 aromatic heterocycles. The van der Waals surface area contributed by atoms with E-state index in [4.69, 9.17) is 15.3 Å². The van der Waals surface area contributed by atoms with E-state index >= 15 is 0 Å². The van der Waals surface area contributed by atoms with E-state index in [0.717, 1.165) is 22.4 Å². The van der Waals surface area contributed by atoms with Gasteiger partial charge in [0.2, 0.25) is 5.52 Å². The molecule has 3 aromatic rings. The van der Waals surface area contributed by atoms with Crippen molar-refractivity contribution in [2.45, 2.75) is 13.8 Å². The highest BCUT2D eigenvalue weighted by Crippen LogP contribution is 2.20. The second-order valence-electron chi connectivity index (χ2n) is 4.42. The maximum atomic E-state index is 8.25. The molecule has 20 heavy (non-hydrogen) atoms. The first-order valence-electron chi connectivity index (χ1n) is 5.98. The third-order valence-electron chi connectivity index (χ3n) is 2.87. The van der Waals surface area contributed by atoms with Crippen LogP contribution >= 0.6 is 0 Å². The second-order valence-corrected chi connectivity index (χ2v) is 4.42. The van der Waals surface area contributed by atoms with Gasteiger partial charge in [0.1, 0.15) is 5.52 Å². The van der Waals surface area contributed by atoms with E-state index in [9.17, 15) is 0 Å². The van der Waals surface area contributed by atoms with Gasteiger partial charge in [-0.15, -0.1) is 0 Å². The van der Waals surface area contributed by atoms with Gasteiger partial charge in [-0.25, -0.2) is 9.97 Å². The largest absolute Gasteiger partial charge is 0.356 e. The van der Waals surface area contributed by atoms with Crippen molar-refractivity contribution < 1.29 is 10.1 Å². The van der Waals surface area contributed by atoms with Crippen LogP contribution in [0, 0.1) is 29.2 Å². The van der Waals surface area contributed by atoms with Gasteiger partial charge in [0.05, 0.1) is 5.09 Å². The summed E-state index contributed by atoms with van der Waals surface area (Å²) in [6.07, 6.45) is 0. The van der Waals surface area contributed by atoms with Crippen LogP contribution in [-0.4, -0.2) is 10.1 Å².